The number of fused-ring (bicyclic) bond motifs is 2. The molecule has 0 spiro atoms. The number of hydrogen-bond donors (Lipinski definition) is 0. The summed E-state index contributed by atoms with van der Waals surface area (Å²) < 4.78 is 5.60. The molecule has 1 heterocycles. The first-order valence-corrected chi connectivity index (χ1v) is 5.77. The van der Waals surface area contributed by atoms with E-state index < -0.39 is 9.85 Å². The van der Waals surface area contributed by atoms with Crippen molar-refractivity contribution in [1.82, 2.24) is 0 Å². The van der Waals surface area contributed by atoms with Crippen LogP contribution >= 0.6 is 0 Å². The van der Waals surface area contributed by atoms with Crippen molar-refractivity contribution in [3.05, 3.63) is 67.8 Å². The topological polar surface area (TPSA) is 95.5 Å². The molecule has 0 unspecified atom stereocenters. The lowest BCUT2D eigenvalue weighted by Gasteiger charge is -2.19. The van der Waals surface area contributed by atoms with Crippen LogP contribution < -0.4 is 4.74 Å². The molecule has 0 fully saturated rings. The molecule has 2 aromatic carbocycles. The fraction of sp³-hybridized carbons (Fsp3) is 0.0769. The van der Waals surface area contributed by atoms with E-state index in [4.69, 9.17) is 4.74 Å². The molecule has 1 aliphatic heterocycles. The van der Waals surface area contributed by atoms with Crippen LogP contribution in [0.3, 0.4) is 0 Å². The van der Waals surface area contributed by atoms with Crippen LogP contribution in [-0.2, 0) is 6.42 Å². The third-order valence-corrected chi connectivity index (χ3v) is 3.11. The highest BCUT2D eigenvalue weighted by Gasteiger charge is 2.21. The predicted octanol–water partition coefficient (Wildman–Crippen LogP) is 3.20. The highest BCUT2D eigenvalue weighted by molar-refractivity contribution is 5.55. The molecule has 0 bridgehead atoms. The lowest BCUT2D eigenvalue weighted by atomic mass is 9.99. The molecule has 1 aliphatic rings. The average Bonchev–Trinajstić information content (AvgIpc) is 2.43. The Morgan fingerprint density at radius 3 is 1.70 bits per heavy atom. The van der Waals surface area contributed by atoms with Crippen LogP contribution in [0.5, 0.6) is 11.5 Å². The Hall–Kier alpha value is -2.96. The van der Waals surface area contributed by atoms with Gasteiger partial charge in [-0.05, 0) is 12.1 Å². The van der Waals surface area contributed by atoms with Crippen molar-refractivity contribution in [2.45, 2.75) is 6.42 Å². The Bertz CT molecular complexity index is 680. The van der Waals surface area contributed by atoms with Gasteiger partial charge in [-0.1, -0.05) is 0 Å². The van der Waals surface area contributed by atoms with Crippen molar-refractivity contribution in [3.63, 3.8) is 0 Å². The first-order valence-electron chi connectivity index (χ1n) is 5.77. The zero-order valence-corrected chi connectivity index (χ0v) is 10.1. The van der Waals surface area contributed by atoms with Crippen LogP contribution in [0.25, 0.3) is 0 Å². The Morgan fingerprint density at radius 1 is 0.850 bits per heavy atom. The number of nitro groups is 2. The zero-order valence-electron chi connectivity index (χ0n) is 10.1. The Balaban J connectivity index is 2.03. The number of rotatable bonds is 2. The third-order valence-electron chi connectivity index (χ3n) is 3.11. The Labute approximate surface area is 112 Å². The minimum atomic E-state index is -0.483. The van der Waals surface area contributed by atoms with Gasteiger partial charge >= 0.3 is 0 Å². The van der Waals surface area contributed by atoms with Gasteiger partial charge in [-0.25, -0.2) is 0 Å². The quantitative estimate of drug-likeness (QED) is 0.527. The summed E-state index contributed by atoms with van der Waals surface area (Å²) in [4.78, 5) is 20.5. The van der Waals surface area contributed by atoms with Gasteiger partial charge in [-0.2, -0.15) is 0 Å². The summed E-state index contributed by atoms with van der Waals surface area (Å²) in [6.07, 6.45) is 0.369. The maximum Gasteiger partial charge on any atom is 0.269 e. The van der Waals surface area contributed by atoms with E-state index in [2.05, 4.69) is 0 Å². The molecular formula is C13H8N2O5. The third kappa shape index (κ3) is 1.95. The molecule has 3 rings (SSSR count). The fourth-order valence-electron chi connectivity index (χ4n) is 2.16. The van der Waals surface area contributed by atoms with Crippen molar-refractivity contribution >= 4 is 11.4 Å². The van der Waals surface area contributed by atoms with Crippen LogP contribution in [0.1, 0.15) is 11.1 Å². The Morgan fingerprint density at radius 2 is 1.30 bits per heavy atom. The van der Waals surface area contributed by atoms with Gasteiger partial charge in [0, 0.05) is 41.8 Å². The van der Waals surface area contributed by atoms with Crippen LogP contribution in [0, 0.1) is 20.2 Å². The van der Waals surface area contributed by atoms with Gasteiger partial charge in [0.25, 0.3) is 11.4 Å². The second kappa shape index (κ2) is 4.30. The van der Waals surface area contributed by atoms with E-state index in [1.807, 2.05) is 0 Å². The summed E-state index contributed by atoms with van der Waals surface area (Å²) in [6, 6.07) is 8.67. The van der Waals surface area contributed by atoms with E-state index >= 15 is 0 Å². The summed E-state index contributed by atoms with van der Waals surface area (Å²) in [7, 11) is 0. The molecule has 7 nitrogen and oxygen atoms in total. The number of nitrogens with zero attached hydrogens (tertiary/aromatic N) is 2. The molecule has 0 saturated carbocycles. The molecule has 100 valence electrons. The maximum absolute atomic E-state index is 10.8. The van der Waals surface area contributed by atoms with Gasteiger partial charge in [0.15, 0.2) is 0 Å². The molecule has 0 radical (unpaired) electrons. The van der Waals surface area contributed by atoms with E-state index in [0.717, 1.165) is 0 Å². The molecule has 2 aromatic rings. The second-order valence-electron chi connectivity index (χ2n) is 4.38. The van der Waals surface area contributed by atoms with Crippen LogP contribution in [0.15, 0.2) is 36.4 Å². The molecule has 0 aliphatic carbocycles. The minimum absolute atomic E-state index is 0.0266. The number of hydrogen-bond acceptors (Lipinski definition) is 5. The predicted molar refractivity (Wildman–Crippen MR) is 69.1 cm³/mol. The fourth-order valence-corrected chi connectivity index (χ4v) is 2.16. The molecule has 7 heteroatoms. The number of nitro benzene ring substituents is 2. The smallest absolute Gasteiger partial charge is 0.269 e. The number of benzene rings is 2. The van der Waals surface area contributed by atoms with Crippen molar-refractivity contribution in [2.24, 2.45) is 0 Å². The first-order chi connectivity index (χ1) is 9.54. The van der Waals surface area contributed by atoms with Gasteiger partial charge in [-0.15, -0.1) is 0 Å². The highest BCUT2D eigenvalue weighted by Crippen LogP contribution is 2.39. The average molecular weight is 272 g/mol. The molecule has 20 heavy (non-hydrogen) atoms. The van der Waals surface area contributed by atoms with Gasteiger partial charge in [0.05, 0.1) is 9.85 Å². The SMILES string of the molecule is O=[N+]([O-])c1ccc2c(c1)Cc1cc([N+](=O)[O-])ccc1O2. The van der Waals surface area contributed by atoms with E-state index in [1.54, 1.807) is 0 Å². The number of ether oxygens (including phenoxy) is 1. The molecule has 0 saturated heterocycles. The summed E-state index contributed by atoms with van der Waals surface area (Å²) in [6.45, 7) is 0. The monoisotopic (exact) mass is 272 g/mol. The summed E-state index contributed by atoms with van der Waals surface area (Å²) >= 11 is 0. The van der Waals surface area contributed by atoms with E-state index in [0.29, 0.717) is 29.0 Å². The van der Waals surface area contributed by atoms with Crippen LogP contribution in [0.2, 0.25) is 0 Å². The van der Waals surface area contributed by atoms with Gasteiger partial charge < -0.3 is 4.74 Å². The van der Waals surface area contributed by atoms with Crippen molar-refractivity contribution in [3.8, 4) is 11.5 Å². The van der Waals surface area contributed by atoms with Crippen molar-refractivity contribution in [1.29, 1.82) is 0 Å². The molecule has 0 amide bonds. The van der Waals surface area contributed by atoms with Crippen molar-refractivity contribution < 1.29 is 14.6 Å². The lowest BCUT2D eigenvalue weighted by Crippen LogP contribution is -2.04. The van der Waals surface area contributed by atoms with E-state index in [-0.39, 0.29) is 11.4 Å². The van der Waals surface area contributed by atoms with E-state index in [1.165, 1.54) is 36.4 Å². The van der Waals surface area contributed by atoms with Gasteiger partial charge in [0.1, 0.15) is 11.5 Å². The summed E-state index contributed by atoms with van der Waals surface area (Å²) in [5.41, 5.74) is 1.24. The maximum atomic E-state index is 10.8. The second-order valence-corrected chi connectivity index (χ2v) is 4.38. The first kappa shape index (κ1) is 12.1. The van der Waals surface area contributed by atoms with Crippen molar-refractivity contribution in [2.75, 3.05) is 0 Å². The molecule has 0 atom stereocenters. The molecule has 0 aromatic heterocycles. The number of non-ortho nitro benzene ring substituents is 2. The Kier molecular flexibility index (Phi) is 2.60. The van der Waals surface area contributed by atoms with Crippen LogP contribution in [-0.4, -0.2) is 9.85 Å². The summed E-state index contributed by atoms with van der Waals surface area (Å²) in [5.74, 6) is 1.08. The minimum Gasteiger partial charge on any atom is -0.457 e. The van der Waals surface area contributed by atoms with E-state index in [9.17, 15) is 20.2 Å². The lowest BCUT2D eigenvalue weighted by molar-refractivity contribution is -0.385. The summed E-state index contributed by atoms with van der Waals surface area (Å²) in [5, 5.41) is 21.5. The van der Waals surface area contributed by atoms with Gasteiger partial charge in [0.2, 0.25) is 0 Å². The zero-order chi connectivity index (χ0) is 14.3. The largest absolute Gasteiger partial charge is 0.457 e. The molecular weight excluding hydrogens is 264 g/mol. The standard InChI is InChI=1S/C13H8N2O5/c16-14(17)10-1-3-12-8(6-10)5-9-7-11(15(18)19)2-4-13(9)20-12/h1-4,6-7H,5H2. The van der Waals surface area contributed by atoms with Gasteiger partial charge in [-0.3, -0.25) is 20.2 Å². The highest BCUT2D eigenvalue weighted by atomic mass is 16.6. The normalized spacial score (nSPS) is 12.0. The molecule has 0 N–H and O–H groups in total. The van der Waals surface area contributed by atoms with Crippen LogP contribution in [0.4, 0.5) is 11.4 Å².